The van der Waals surface area contributed by atoms with Crippen molar-refractivity contribution in [2.75, 3.05) is 38.2 Å². The molecule has 2 N–H and O–H groups in total. The third-order valence-electron chi connectivity index (χ3n) is 3.45. The van der Waals surface area contributed by atoms with E-state index in [1.54, 1.807) is 12.1 Å². The topological polar surface area (TPSA) is 101 Å². The fourth-order valence-corrected chi connectivity index (χ4v) is 4.63. The van der Waals surface area contributed by atoms with E-state index in [1.807, 2.05) is 6.92 Å². The Labute approximate surface area is 125 Å². The van der Waals surface area contributed by atoms with Crippen molar-refractivity contribution >= 4 is 25.7 Å². The first-order chi connectivity index (χ1) is 9.62. The maximum Gasteiger partial charge on any atom is 0.245 e. The molecule has 1 saturated heterocycles. The fraction of sp³-hybridized carbons (Fsp3) is 0.500. The number of hydrogen-bond acceptors (Lipinski definition) is 5. The van der Waals surface area contributed by atoms with Crippen LogP contribution < -0.4 is 5.73 Å². The molecular weight excluding hydrogens is 314 g/mol. The minimum Gasteiger partial charge on any atom is -0.398 e. The lowest BCUT2D eigenvalue weighted by atomic mass is 10.2. The predicted octanol–water partition coefficient (Wildman–Crippen LogP) is -0.157. The van der Waals surface area contributed by atoms with Crippen molar-refractivity contribution < 1.29 is 16.8 Å². The van der Waals surface area contributed by atoms with Crippen molar-refractivity contribution in [3.05, 3.63) is 23.8 Å². The first-order valence-corrected chi connectivity index (χ1v) is 9.72. The van der Waals surface area contributed by atoms with Crippen molar-refractivity contribution in [2.45, 2.75) is 11.8 Å². The summed E-state index contributed by atoms with van der Waals surface area (Å²) in [7, 11) is -6.98. The monoisotopic (exact) mass is 333 g/mol. The van der Waals surface area contributed by atoms with Gasteiger partial charge in [0.2, 0.25) is 20.0 Å². The van der Waals surface area contributed by atoms with Gasteiger partial charge in [0.1, 0.15) is 4.90 Å². The lowest BCUT2D eigenvalue weighted by Crippen LogP contribution is -2.50. The lowest BCUT2D eigenvalue weighted by Gasteiger charge is -2.32. The molecule has 1 heterocycles. The summed E-state index contributed by atoms with van der Waals surface area (Å²) in [5, 5.41) is 0. The second-order valence-corrected chi connectivity index (χ2v) is 9.00. The fourth-order valence-electron chi connectivity index (χ4n) is 2.28. The van der Waals surface area contributed by atoms with E-state index in [0.717, 1.165) is 11.8 Å². The van der Waals surface area contributed by atoms with Gasteiger partial charge in [-0.1, -0.05) is 6.07 Å². The molecule has 0 saturated carbocycles. The number of anilines is 1. The Kier molecular flexibility index (Phi) is 4.29. The Hall–Kier alpha value is -1.16. The van der Waals surface area contributed by atoms with E-state index in [-0.39, 0.29) is 36.8 Å². The second kappa shape index (κ2) is 5.56. The van der Waals surface area contributed by atoms with Gasteiger partial charge in [-0.3, -0.25) is 0 Å². The van der Waals surface area contributed by atoms with E-state index in [1.165, 1.54) is 14.7 Å². The summed E-state index contributed by atoms with van der Waals surface area (Å²) in [6.07, 6.45) is 1.12. The molecule has 1 fully saturated rings. The van der Waals surface area contributed by atoms with Crippen LogP contribution in [0.2, 0.25) is 0 Å². The molecule has 21 heavy (non-hydrogen) atoms. The standard InChI is InChI=1S/C12H19N3O4S2/c1-10-3-4-12(11(13)9-10)21(18,19)15-7-5-14(6-8-15)20(2,16)17/h3-4,9H,5-8,13H2,1-2H3. The normalized spacial score (nSPS) is 18.8. The molecule has 0 atom stereocenters. The second-order valence-electron chi connectivity index (χ2n) is 5.11. The van der Waals surface area contributed by atoms with Crippen LogP contribution in [0, 0.1) is 6.92 Å². The van der Waals surface area contributed by atoms with Gasteiger partial charge in [0.15, 0.2) is 0 Å². The smallest absolute Gasteiger partial charge is 0.245 e. The van der Waals surface area contributed by atoms with Crippen LogP contribution in [0.3, 0.4) is 0 Å². The summed E-state index contributed by atoms with van der Waals surface area (Å²) in [6, 6.07) is 4.79. The van der Waals surface area contributed by atoms with Gasteiger partial charge < -0.3 is 5.73 Å². The molecule has 0 unspecified atom stereocenters. The highest BCUT2D eigenvalue weighted by Gasteiger charge is 2.32. The average molecular weight is 333 g/mol. The van der Waals surface area contributed by atoms with Crippen LogP contribution in [0.15, 0.2) is 23.1 Å². The van der Waals surface area contributed by atoms with E-state index < -0.39 is 20.0 Å². The SMILES string of the molecule is Cc1ccc(S(=O)(=O)N2CCN(S(C)(=O)=O)CC2)c(N)c1. The van der Waals surface area contributed by atoms with Gasteiger partial charge in [0, 0.05) is 26.2 Å². The van der Waals surface area contributed by atoms with Gasteiger partial charge in [0.05, 0.1) is 11.9 Å². The van der Waals surface area contributed by atoms with E-state index in [0.29, 0.717) is 0 Å². The summed E-state index contributed by atoms with van der Waals surface area (Å²) in [6.45, 7) is 2.40. The van der Waals surface area contributed by atoms with Crippen LogP contribution in [0.5, 0.6) is 0 Å². The zero-order valence-corrected chi connectivity index (χ0v) is 13.6. The number of rotatable bonds is 3. The van der Waals surface area contributed by atoms with Crippen molar-refractivity contribution in [1.82, 2.24) is 8.61 Å². The van der Waals surface area contributed by atoms with Crippen LogP contribution >= 0.6 is 0 Å². The van der Waals surface area contributed by atoms with Crippen LogP contribution in [-0.4, -0.2) is 57.9 Å². The lowest BCUT2D eigenvalue weighted by molar-refractivity contribution is 0.274. The molecule has 1 aliphatic rings. The van der Waals surface area contributed by atoms with E-state index >= 15 is 0 Å². The maximum atomic E-state index is 12.6. The Morgan fingerprint density at radius 1 is 1.00 bits per heavy atom. The van der Waals surface area contributed by atoms with Crippen LogP contribution in [-0.2, 0) is 20.0 Å². The van der Waals surface area contributed by atoms with Crippen LogP contribution in [0.1, 0.15) is 5.56 Å². The van der Waals surface area contributed by atoms with Gasteiger partial charge in [-0.15, -0.1) is 0 Å². The molecule has 1 aromatic carbocycles. The molecule has 0 aliphatic carbocycles. The van der Waals surface area contributed by atoms with Gasteiger partial charge in [0.25, 0.3) is 0 Å². The predicted molar refractivity (Wildman–Crippen MR) is 80.8 cm³/mol. The van der Waals surface area contributed by atoms with Gasteiger partial charge >= 0.3 is 0 Å². The Bertz CT molecular complexity index is 736. The molecule has 2 rings (SSSR count). The van der Waals surface area contributed by atoms with Crippen molar-refractivity contribution in [1.29, 1.82) is 0 Å². The minimum absolute atomic E-state index is 0.0703. The van der Waals surface area contributed by atoms with Gasteiger partial charge in [-0.25, -0.2) is 16.8 Å². The summed E-state index contributed by atoms with van der Waals surface area (Å²) < 4.78 is 50.5. The quantitative estimate of drug-likeness (QED) is 0.775. The number of nitrogens with zero attached hydrogens (tertiary/aromatic N) is 2. The number of nitrogen functional groups attached to an aromatic ring is 1. The molecule has 0 aromatic heterocycles. The number of hydrogen-bond donors (Lipinski definition) is 1. The number of nitrogens with two attached hydrogens (primary N) is 1. The highest BCUT2D eigenvalue weighted by molar-refractivity contribution is 7.89. The number of sulfonamides is 2. The molecule has 7 nitrogen and oxygen atoms in total. The molecule has 0 bridgehead atoms. The zero-order chi connectivity index (χ0) is 15.8. The molecule has 0 amide bonds. The first kappa shape index (κ1) is 16.2. The van der Waals surface area contributed by atoms with Crippen molar-refractivity contribution in [3.63, 3.8) is 0 Å². The number of aryl methyl sites for hydroxylation is 1. The summed E-state index contributed by atoms with van der Waals surface area (Å²) in [4.78, 5) is 0.0703. The number of piperazine rings is 1. The average Bonchev–Trinajstić information content (AvgIpc) is 2.37. The van der Waals surface area contributed by atoms with Gasteiger partial charge in [-0.05, 0) is 24.6 Å². The zero-order valence-electron chi connectivity index (χ0n) is 12.0. The first-order valence-electron chi connectivity index (χ1n) is 6.44. The van der Waals surface area contributed by atoms with Crippen LogP contribution in [0.4, 0.5) is 5.69 Å². The molecule has 1 aromatic rings. The molecular formula is C12H19N3O4S2. The summed E-state index contributed by atoms with van der Waals surface area (Å²) in [5.74, 6) is 0. The number of benzene rings is 1. The van der Waals surface area contributed by atoms with Crippen molar-refractivity contribution in [2.24, 2.45) is 0 Å². The molecule has 1 aliphatic heterocycles. The van der Waals surface area contributed by atoms with E-state index in [9.17, 15) is 16.8 Å². The molecule has 118 valence electrons. The van der Waals surface area contributed by atoms with E-state index in [2.05, 4.69) is 0 Å². The highest BCUT2D eigenvalue weighted by atomic mass is 32.2. The van der Waals surface area contributed by atoms with Gasteiger partial charge in [-0.2, -0.15) is 8.61 Å². The summed E-state index contributed by atoms with van der Waals surface area (Å²) in [5.41, 5.74) is 6.89. The summed E-state index contributed by atoms with van der Waals surface area (Å²) >= 11 is 0. The largest absolute Gasteiger partial charge is 0.398 e. The Balaban J connectivity index is 2.23. The van der Waals surface area contributed by atoms with Crippen molar-refractivity contribution in [3.8, 4) is 0 Å². The van der Waals surface area contributed by atoms with E-state index in [4.69, 9.17) is 5.73 Å². The Morgan fingerprint density at radius 2 is 1.52 bits per heavy atom. The third kappa shape index (κ3) is 3.37. The maximum absolute atomic E-state index is 12.6. The molecule has 0 spiro atoms. The molecule has 0 radical (unpaired) electrons. The minimum atomic E-state index is -3.69. The highest BCUT2D eigenvalue weighted by Crippen LogP contribution is 2.24. The Morgan fingerprint density at radius 3 is 2.00 bits per heavy atom. The van der Waals surface area contributed by atoms with Crippen LogP contribution in [0.25, 0.3) is 0 Å². The third-order valence-corrected chi connectivity index (χ3v) is 6.73. The molecule has 9 heteroatoms.